The first-order chi connectivity index (χ1) is 13.4. The van der Waals surface area contributed by atoms with Crippen LogP contribution in [0.4, 0.5) is 0 Å². The van der Waals surface area contributed by atoms with Crippen molar-refractivity contribution in [1.82, 2.24) is 15.0 Å². The van der Waals surface area contributed by atoms with Gasteiger partial charge in [0.2, 0.25) is 5.89 Å². The summed E-state index contributed by atoms with van der Waals surface area (Å²) < 4.78 is 11.0. The van der Waals surface area contributed by atoms with Gasteiger partial charge < -0.3 is 14.4 Å². The molecular formula is C21H27N3O4. The number of nitrogens with zero attached hydrogens (tertiary/aromatic N) is 3. The summed E-state index contributed by atoms with van der Waals surface area (Å²) in [5.74, 6) is 1.75. The molecule has 1 aromatic heterocycles. The Morgan fingerprint density at radius 1 is 1.43 bits per heavy atom. The molecule has 1 saturated heterocycles. The van der Waals surface area contributed by atoms with Crippen molar-refractivity contribution in [3.8, 4) is 5.75 Å². The lowest BCUT2D eigenvalue weighted by Gasteiger charge is -2.28. The Hall–Kier alpha value is -2.41. The van der Waals surface area contributed by atoms with Crippen molar-refractivity contribution in [2.45, 2.75) is 50.5 Å². The van der Waals surface area contributed by atoms with Crippen molar-refractivity contribution in [2.75, 3.05) is 20.2 Å². The second-order valence-electron chi connectivity index (χ2n) is 8.30. The Bertz CT molecular complexity index is 865. The molecule has 2 heterocycles. The number of ether oxygens (including phenoxy) is 1. The van der Waals surface area contributed by atoms with Gasteiger partial charge >= 0.3 is 5.97 Å². The summed E-state index contributed by atoms with van der Waals surface area (Å²) in [4.78, 5) is 19.0. The van der Waals surface area contributed by atoms with Crippen LogP contribution >= 0.6 is 0 Å². The van der Waals surface area contributed by atoms with Crippen molar-refractivity contribution in [3.05, 3.63) is 41.5 Å². The van der Waals surface area contributed by atoms with Crippen LogP contribution in [0.25, 0.3) is 0 Å². The lowest BCUT2D eigenvalue weighted by molar-refractivity contribution is -0.143. The van der Waals surface area contributed by atoms with Crippen molar-refractivity contribution < 1.29 is 19.2 Å². The number of fused-ring (bicyclic) bond motifs is 1. The van der Waals surface area contributed by atoms with Crippen LogP contribution in [0.5, 0.6) is 5.75 Å². The maximum atomic E-state index is 12.2. The molecule has 3 atom stereocenters. The van der Waals surface area contributed by atoms with Crippen LogP contribution in [-0.2, 0) is 10.2 Å². The Labute approximate surface area is 164 Å². The quantitative estimate of drug-likeness (QED) is 0.815. The number of carbonyl (C=O) groups is 1. The standard InChI is InChI=1S/C21H27N3O4/c1-13(2)18-22-20(28-23-18)21-9-5-7-15(21)11-24(12-21)17(19(25)26)14-6-4-8-16(10-14)27-3/h4,6,8,10,13,15,17H,5,7,9,11-12H2,1-3H3,(H,25,26)/t15-,17?,21-/m0/s1. The van der Waals surface area contributed by atoms with Crippen LogP contribution in [0, 0.1) is 5.92 Å². The van der Waals surface area contributed by atoms with Gasteiger partial charge in [0.25, 0.3) is 0 Å². The predicted molar refractivity (Wildman–Crippen MR) is 102 cm³/mol. The SMILES string of the molecule is COc1cccc(C(C(=O)O)N2C[C@@H]3CCC[C@]3(c3nc(C(C)C)no3)C2)c1. The highest BCUT2D eigenvalue weighted by Gasteiger charge is 2.56. The molecule has 0 amide bonds. The first-order valence-corrected chi connectivity index (χ1v) is 9.89. The predicted octanol–water partition coefficient (Wildman–Crippen LogP) is 3.38. The molecular weight excluding hydrogens is 358 g/mol. The summed E-state index contributed by atoms with van der Waals surface area (Å²) in [6.45, 7) is 5.42. The molecule has 1 aliphatic carbocycles. The molecule has 1 aromatic carbocycles. The third-order valence-corrected chi connectivity index (χ3v) is 6.29. The fourth-order valence-corrected chi connectivity index (χ4v) is 4.87. The van der Waals surface area contributed by atoms with E-state index in [2.05, 4.69) is 10.1 Å². The zero-order valence-electron chi connectivity index (χ0n) is 16.6. The molecule has 4 rings (SSSR count). The summed E-state index contributed by atoms with van der Waals surface area (Å²) in [5, 5.41) is 14.2. The summed E-state index contributed by atoms with van der Waals surface area (Å²) in [7, 11) is 1.59. The summed E-state index contributed by atoms with van der Waals surface area (Å²) >= 11 is 0. The zero-order chi connectivity index (χ0) is 19.9. The highest BCUT2D eigenvalue weighted by Crippen LogP contribution is 2.51. The van der Waals surface area contributed by atoms with E-state index in [-0.39, 0.29) is 11.3 Å². The van der Waals surface area contributed by atoms with E-state index in [1.54, 1.807) is 7.11 Å². The molecule has 7 nitrogen and oxygen atoms in total. The van der Waals surface area contributed by atoms with Crippen LogP contribution in [0.1, 0.15) is 62.3 Å². The molecule has 2 aliphatic rings. The minimum atomic E-state index is -0.850. The molecule has 1 aliphatic heterocycles. The van der Waals surface area contributed by atoms with Gasteiger partial charge in [0, 0.05) is 19.0 Å². The number of carboxylic acids is 1. The first kappa shape index (κ1) is 18.9. The molecule has 2 aromatic rings. The van der Waals surface area contributed by atoms with Gasteiger partial charge in [-0.1, -0.05) is 37.6 Å². The lowest BCUT2D eigenvalue weighted by atomic mass is 9.80. The number of aromatic nitrogens is 2. The van der Waals surface area contributed by atoms with E-state index in [9.17, 15) is 9.90 Å². The molecule has 150 valence electrons. The molecule has 2 fully saturated rings. The number of hydrogen-bond acceptors (Lipinski definition) is 6. The van der Waals surface area contributed by atoms with Crippen molar-refractivity contribution in [1.29, 1.82) is 0 Å². The Balaban J connectivity index is 1.66. The Morgan fingerprint density at radius 2 is 2.25 bits per heavy atom. The van der Waals surface area contributed by atoms with Crippen LogP contribution in [0.3, 0.4) is 0 Å². The molecule has 1 unspecified atom stereocenters. The normalized spacial score (nSPS) is 25.8. The molecule has 7 heteroatoms. The summed E-state index contributed by atoms with van der Waals surface area (Å²) in [6, 6.07) is 6.61. The molecule has 1 N–H and O–H groups in total. The zero-order valence-corrected chi connectivity index (χ0v) is 16.6. The van der Waals surface area contributed by atoms with Crippen LogP contribution < -0.4 is 4.74 Å². The smallest absolute Gasteiger partial charge is 0.325 e. The van der Waals surface area contributed by atoms with Crippen molar-refractivity contribution in [2.24, 2.45) is 5.92 Å². The monoisotopic (exact) mass is 385 g/mol. The highest BCUT2D eigenvalue weighted by atomic mass is 16.5. The minimum Gasteiger partial charge on any atom is -0.497 e. The molecule has 0 radical (unpaired) electrons. The van der Waals surface area contributed by atoms with E-state index in [1.807, 2.05) is 38.1 Å². The molecule has 1 saturated carbocycles. The maximum absolute atomic E-state index is 12.2. The minimum absolute atomic E-state index is 0.204. The van der Waals surface area contributed by atoms with Crippen LogP contribution in [-0.4, -0.2) is 46.3 Å². The highest BCUT2D eigenvalue weighted by molar-refractivity contribution is 5.76. The Kier molecular flexibility index (Phi) is 4.87. The van der Waals surface area contributed by atoms with Gasteiger partial charge in [0.05, 0.1) is 12.5 Å². The van der Waals surface area contributed by atoms with Gasteiger partial charge in [-0.05, 0) is 36.5 Å². The van der Waals surface area contributed by atoms with Gasteiger partial charge in [-0.15, -0.1) is 0 Å². The van der Waals surface area contributed by atoms with Crippen molar-refractivity contribution >= 4 is 5.97 Å². The number of rotatable bonds is 6. The van der Waals surface area contributed by atoms with Gasteiger partial charge in [-0.3, -0.25) is 9.69 Å². The third-order valence-electron chi connectivity index (χ3n) is 6.29. The second-order valence-corrected chi connectivity index (χ2v) is 8.30. The van der Waals surface area contributed by atoms with E-state index < -0.39 is 12.0 Å². The lowest BCUT2D eigenvalue weighted by Crippen LogP contribution is -2.36. The van der Waals surface area contributed by atoms with Crippen LogP contribution in [0.15, 0.2) is 28.8 Å². The second kappa shape index (κ2) is 7.20. The van der Waals surface area contributed by atoms with Gasteiger partial charge in [0.1, 0.15) is 11.8 Å². The molecule has 0 spiro atoms. The number of carboxylic acid groups (broad SMARTS) is 1. The number of hydrogen-bond donors (Lipinski definition) is 1. The molecule has 0 bridgehead atoms. The van der Waals surface area contributed by atoms with E-state index in [1.165, 1.54) is 0 Å². The van der Waals surface area contributed by atoms with Crippen LogP contribution in [0.2, 0.25) is 0 Å². The van der Waals surface area contributed by atoms with Crippen molar-refractivity contribution in [3.63, 3.8) is 0 Å². The van der Waals surface area contributed by atoms with E-state index >= 15 is 0 Å². The number of aliphatic carboxylic acids is 1. The number of benzene rings is 1. The number of methoxy groups -OCH3 is 1. The topological polar surface area (TPSA) is 88.7 Å². The summed E-state index contributed by atoms with van der Waals surface area (Å²) in [5.41, 5.74) is 0.488. The average molecular weight is 385 g/mol. The third kappa shape index (κ3) is 3.07. The van der Waals surface area contributed by atoms with E-state index in [0.717, 1.165) is 30.7 Å². The summed E-state index contributed by atoms with van der Waals surface area (Å²) in [6.07, 6.45) is 3.12. The van der Waals surface area contributed by atoms with E-state index in [4.69, 9.17) is 14.2 Å². The Morgan fingerprint density at radius 3 is 2.93 bits per heavy atom. The fraction of sp³-hybridized carbons (Fsp3) is 0.571. The number of likely N-dealkylation sites (tertiary alicyclic amines) is 1. The first-order valence-electron chi connectivity index (χ1n) is 9.89. The van der Waals surface area contributed by atoms with Gasteiger partial charge in [-0.2, -0.15) is 4.98 Å². The van der Waals surface area contributed by atoms with Gasteiger partial charge in [0.15, 0.2) is 5.82 Å². The largest absolute Gasteiger partial charge is 0.497 e. The van der Waals surface area contributed by atoms with Gasteiger partial charge in [-0.25, -0.2) is 0 Å². The van der Waals surface area contributed by atoms with E-state index in [0.29, 0.717) is 30.6 Å². The maximum Gasteiger partial charge on any atom is 0.325 e. The average Bonchev–Trinajstić information content (AvgIpc) is 3.35. The molecule has 28 heavy (non-hydrogen) atoms. The fourth-order valence-electron chi connectivity index (χ4n) is 4.87.